The highest BCUT2D eigenvalue weighted by atomic mass is 35.5. The van der Waals surface area contributed by atoms with E-state index in [1.165, 1.54) is 0 Å². The van der Waals surface area contributed by atoms with Gasteiger partial charge in [0, 0.05) is 17.2 Å². The van der Waals surface area contributed by atoms with Crippen molar-refractivity contribution in [3.8, 4) is 11.8 Å². The van der Waals surface area contributed by atoms with Gasteiger partial charge in [-0.05, 0) is 30.5 Å². The zero-order valence-electron chi connectivity index (χ0n) is 10.2. The second-order valence-corrected chi connectivity index (χ2v) is 4.92. The van der Waals surface area contributed by atoms with Crippen LogP contribution in [0.2, 0.25) is 5.02 Å². The van der Waals surface area contributed by atoms with Crippen LogP contribution in [-0.4, -0.2) is 12.5 Å². The van der Waals surface area contributed by atoms with E-state index in [-0.39, 0.29) is 18.4 Å². The molecule has 1 amide bonds. The summed E-state index contributed by atoms with van der Waals surface area (Å²) in [6.45, 7) is 2.36. The molecular weight excluding hydrogens is 248 g/mol. The van der Waals surface area contributed by atoms with E-state index >= 15 is 0 Å². The summed E-state index contributed by atoms with van der Waals surface area (Å²) in [7, 11) is 0. The highest BCUT2D eigenvalue weighted by molar-refractivity contribution is 6.31. The Labute approximate surface area is 112 Å². The first-order valence-corrected chi connectivity index (χ1v) is 6.29. The fourth-order valence-corrected chi connectivity index (χ4v) is 1.93. The first kappa shape index (κ1) is 12.9. The van der Waals surface area contributed by atoms with Gasteiger partial charge >= 0.3 is 0 Å². The van der Waals surface area contributed by atoms with Crippen molar-refractivity contribution in [2.75, 3.05) is 11.9 Å². The first-order chi connectivity index (χ1) is 8.61. The Kier molecular flexibility index (Phi) is 3.90. The van der Waals surface area contributed by atoms with E-state index < -0.39 is 0 Å². The second-order valence-electron chi connectivity index (χ2n) is 4.51. The van der Waals surface area contributed by atoms with Gasteiger partial charge in [0.15, 0.2) is 0 Å². The molecular formula is C14H15ClN2O. The molecule has 1 fully saturated rings. The molecule has 3 nitrogen and oxygen atoms in total. The van der Waals surface area contributed by atoms with E-state index in [1.54, 1.807) is 18.2 Å². The summed E-state index contributed by atoms with van der Waals surface area (Å²) < 4.78 is 0. The van der Waals surface area contributed by atoms with Crippen LogP contribution in [0.25, 0.3) is 0 Å². The summed E-state index contributed by atoms with van der Waals surface area (Å²) in [6.07, 6.45) is 0.971. The summed E-state index contributed by atoms with van der Waals surface area (Å²) in [6, 6.07) is 5.28. The van der Waals surface area contributed by atoms with E-state index in [2.05, 4.69) is 24.1 Å². The van der Waals surface area contributed by atoms with E-state index in [0.717, 1.165) is 12.1 Å². The lowest BCUT2D eigenvalue weighted by Gasteiger charge is -2.06. The minimum atomic E-state index is 0.0718. The van der Waals surface area contributed by atoms with Crippen LogP contribution >= 0.6 is 11.6 Å². The SMILES string of the molecule is CC1CC1C(=O)Nc1ccc(Cl)c(C#CCN)c1. The quantitative estimate of drug-likeness (QED) is 0.803. The Bertz CT molecular complexity index is 530. The maximum atomic E-state index is 11.8. The third kappa shape index (κ3) is 3.04. The minimum Gasteiger partial charge on any atom is -0.326 e. The fourth-order valence-electron chi connectivity index (χ4n) is 1.77. The molecule has 2 rings (SSSR count). The first-order valence-electron chi connectivity index (χ1n) is 5.91. The molecule has 0 saturated heterocycles. The molecule has 0 spiro atoms. The Morgan fingerprint density at radius 3 is 2.94 bits per heavy atom. The molecule has 0 aliphatic heterocycles. The van der Waals surface area contributed by atoms with Gasteiger partial charge in [-0.1, -0.05) is 30.4 Å². The summed E-state index contributed by atoms with van der Waals surface area (Å²) in [4.78, 5) is 11.8. The number of hydrogen-bond acceptors (Lipinski definition) is 2. The number of benzene rings is 1. The van der Waals surface area contributed by atoms with E-state index in [1.807, 2.05) is 0 Å². The molecule has 2 unspecified atom stereocenters. The standard InChI is InChI=1S/C14H15ClN2O/c1-9-7-12(9)14(18)17-11-4-5-13(15)10(8-11)3-2-6-16/h4-5,8-9,12H,6-7,16H2,1H3,(H,17,18). The third-order valence-electron chi connectivity index (χ3n) is 3.01. The number of rotatable bonds is 2. The third-order valence-corrected chi connectivity index (χ3v) is 3.33. The van der Waals surface area contributed by atoms with Gasteiger partial charge < -0.3 is 11.1 Å². The van der Waals surface area contributed by atoms with Gasteiger partial charge in [0.25, 0.3) is 0 Å². The van der Waals surface area contributed by atoms with Gasteiger partial charge in [0.1, 0.15) is 0 Å². The number of carbonyl (C=O) groups excluding carboxylic acids is 1. The maximum Gasteiger partial charge on any atom is 0.227 e. The summed E-state index contributed by atoms with van der Waals surface area (Å²) in [5.41, 5.74) is 6.73. The highest BCUT2D eigenvalue weighted by Crippen LogP contribution is 2.38. The number of nitrogens with two attached hydrogens (primary N) is 1. The number of carbonyl (C=O) groups is 1. The van der Waals surface area contributed by atoms with E-state index in [9.17, 15) is 4.79 Å². The molecule has 1 aromatic carbocycles. The van der Waals surface area contributed by atoms with Crippen molar-refractivity contribution in [1.29, 1.82) is 0 Å². The zero-order valence-corrected chi connectivity index (χ0v) is 10.9. The zero-order chi connectivity index (χ0) is 13.1. The lowest BCUT2D eigenvalue weighted by atomic mass is 10.2. The van der Waals surface area contributed by atoms with Crippen molar-refractivity contribution < 1.29 is 4.79 Å². The van der Waals surface area contributed by atoms with Crippen LogP contribution in [0.1, 0.15) is 18.9 Å². The molecule has 1 aliphatic rings. The number of anilines is 1. The topological polar surface area (TPSA) is 55.1 Å². The van der Waals surface area contributed by atoms with Gasteiger partial charge in [-0.2, -0.15) is 0 Å². The van der Waals surface area contributed by atoms with Crippen LogP contribution in [0.5, 0.6) is 0 Å². The normalized spacial score (nSPS) is 20.8. The van der Waals surface area contributed by atoms with Gasteiger partial charge in [0.05, 0.1) is 11.6 Å². The second kappa shape index (κ2) is 5.43. The van der Waals surface area contributed by atoms with Crippen molar-refractivity contribution >= 4 is 23.2 Å². The van der Waals surface area contributed by atoms with Gasteiger partial charge in [0.2, 0.25) is 5.91 Å². The molecule has 4 heteroatoms. The molecule has 0 aromatic heterocycles. The summed E-state index contributed by atoms with van der Waals surface area (Å²) in [5, 5.41) is 3.45. The van der Waals surface area contributed by atoms with Crippen LogP contribution < -0.4 is 11.1 Å². The van der Waals surface area contributed by atoms with E-state index in [0.29, 0.717) is 16.5 Å². The molecule has 1 aromatic rings. The van der Waals surface area contributed by atoms with Crippen molar-refractivity contribution in [3.63, 3.8) is 0 Å². The Morgan fingerprint density at radius 2 is 2.33 bits per heavy atom. The molecule has 2 atom stereocenters. The van der Waals surface area contributed by atoms with Crippen LogP contribution in [-0.2, 0) is 4.79 Å². The van der Waals surface area contributed by atoms with Crippen LogP contribution in [0.3, 0.4) is 0 Å². The van der Waals surface area contributed by atoms with Crippen molar-refractivity contribution in [1.82, 2.24) is 0 Å². The molecule has 94 valence electrons. The number of halogens is 1. The van der Waals surface area contributed by atoms with Crippen LogP contribution in [0.15, 0.2) is 18.2 Å². The fraction of sp³-hybridized carbons (Fsp3) is 0.357. The largest absolute Gasteiger partial charge is 0.326 e. The predicted octanol–water partition coefficient (Wildman–Crippen LogP) is 2.24. The number of nitrogens with one attached hydrogen (secondary N) is 1. The van der Waals surface area contributed by atoms with Crippen molar-refractivity contribution in [3.05, 3.63) is 28.8 Å². The monoisotopic (exact) mass is 262 g/mol. The molecule has 18 heavy (non-hydrogen) atoms. The van der Waals surface area contributed by atoms with Gasteiger partial charge in [-0.15, -0.1) is 0 Å². The van der Waals surface area contributed by atoms with E-state index in [4.69, 9.17) is 17.3 Å². The van der Waals surface area contributed by atoms with Crippen molar-refractivity contribution in [2.45, 2.75) is 13.3 Å². The molecule has 0 bridgehead atoms. The lowest BCUT2D eigenvalue weighted by Crippen LogP contribution is -2.14. The lowest BCUT2D eigenvalue weighted by molar-refractivity contribution is -0.117. The Balaban J connectivity index is 2.11. The molecule has 0 radical (unpaired) electrons. The number of amides is 1. The van der Waals surface area contributed by atoms with Crippen molar-refractivity contribution in [2.24, 2.45) is 17.6 Å². The minimum absolute atomic E-state index is 0.0718. The average Bonchev–Trinajstić information content (AvgIpc) is 3.07. The smallest absolute Gasteiger partial charge is 0.227 e. The van der Waals surface area contributed by atoms with Crippen LogP contribution in [0.4, 0.5) is 5.69 Å². The summed E-state index contributed by atoms with van der Waals surface area (Å²) in [5.74, 6) is 6.35. The van der Waals surface area contributed by atoms with Gasteiger partial charge in [-0.25, -0.2) is 0 Å². The highest BCUT2D eigenvalue weighted by Gasteiger charge is 2.39. The molecule has 1 saturated carbocycles. The Morgan fingerprint density at radius 1 is 1.61 bits per heavy atom. The summed E-state index contributed by atoms with van der Waals surface area (Å²) >= 11 is 6.01. The predicted molar refractivity (Wildman–Crippen MR) is 73.3 cm³/mol. The Hall–Kier alpha value is -1.50. The van der Waals surface area contributed by atoms with Gasteiger partial charge in [-0.3, -0.25) is 4.79 Å². The molecule has 1 aliphatic carbocycles. The van der Waals surface area contributed by atoms with Crippen LogP contribution in [0, 0.1) is 23.7 Å². The number of hydrogen-bond donors (Lipinski definition) is 2. The maximum absolute atomic E-state index is 11.8. The molecule has 3 N–H and O–H groups in total. The molecule has 0 heterocycles. The average molecular weight is 263 g/mol.